The number of anilines is 2. The third kappa shape index (κ3) is 7.62. The van der Waals surface area contributed by atoms with Crippen LogP contribution in [0.5, 0.6) is 5.75 Å². The number of nitrogens with two attached hydrogens (primary N) is 2. The van der Waals surface area contributed by atoms with Crippen molar-refractivity contribution in [3.8, 4) is 5.75 Å². The van der Waals surface area contributed by atoms with E-state index in [9.17, 15) is 24.5 Å². The van der Waals surface area contributed by atoms with Crippen molar-refractivity contribution in [3.05, 3.63) is 75.2 Å². The van der Waals surface area contributed by atoms with E-state index in [-0.39, 0.29) is 53.9 Å². The number of hydrogen-bond donors (Lipinski definition) is 4. The highest BCUT2D eigenvalue weighted by atomic mass is 16.6. The molecule has 0 radical (unpaired) electrons. The Balaban J connectivity index is 1.59. The maximum absolute atomic E-state index is 13.2. The van der Waals surface area contributed by atoms with E-state index in [1.165, 1.54) is 18.3 Å². The summed E-state index contributed by atoms with van der Waals surface area (Å²) in [6.07, 6.45) is 5.26. The molecule has 242 valence electrons. The fourth-order valence-electron chi connectivity index (χ4n) is 4.54. The van der Waals surface area contributed by atoms with Gasteiger partial charge in [0.05, 0.1) is 22.8 Å². The second kappa shape index (κ2) is 14.8. The lowest BCUT2D eigenvalue weighted by Gasteiger charge is -2.14. The molecule has 6 N–H and O–H groups in total. The fraction of sp³-hybridized carbons (Fsp3) is 0.310. The van der Waals surface area contributed by atoms with Crippen LogP contribution in [0.15, 0.2) is 42.6 Å². The summed E-state index contributed by atoms with van der Waals surface area (Å²) in [4.78, 5) is 56.8. The molecule has 17 nitrogen and oxygen atoms in total. The molecule has 46 heavy (non-hydrogen) atoms. The standard InChI is InChI=1S/C29H34N10O7/c1-4-38-22(12-17(2)36-38)28(42)35-29-34-20-13-19(26(31)41)16-33-27(20)37(29)9-6-5-8-32-24-21(39(43)44)14-18(25(30)40)15-23(24)46-11-7-10-45-3/h5-6,12-16,32H,4,7-11H2,1-3H3,(H2,30,40)(H2,31,41)(H,34,35,42)/b6-5+. The molecular formula is C29H34N10O7. The van der Waals surface area contributed by atoms with Crippen LogP contribution in [-0.4, -0.2) is 73.8 Å². The minimum atomic E-state index is -0.836. The topological polar surface area (TPSA) is 237 Å². The molecule has 3 aromatic heterocycles. The van der Waals surface area contributed by atoms with Gasteiger partial charge in [-0.2, -0.15) is 5.10 Å². The number of aromatic nitrogens is 5. The predicted octanol–water partition coefficient (Wildman–Crippen LogP) is 2.40. The van der Waals surface area contributed by atoms with Crippen LogP contribution in [0.1, 0.15) is 50.2 Å². The molecule has 4 aromatic rings. The van der Waals surface area contributed by atoms with Crippen molar-refractivity contribution in [2.24, 2.45) is 11.5 Å². The lowest BCUT2D eigenvalue weighted by Crippen LogP contribution is -2.20. The number of rotatable bonds is 16. The van der Waals surface area contributed by atoms with Crippen molar-refractivity contribution < 1.29 is 28.8 Å². The highest BCUT2D eigenvalue weighted by Crippen LogP contribution is 2.36. The third-order valence-electron chi connectivity index (χ3n) is 6.69. The van der Waals surface area contributed by atoms with Gasteiger partial charge in [-0.1, -0.05) is 12.2 Å². The van der Waals surface area contributed by atoms with Crippen LogP contribution < -0.4 is 26.8 Å². The van der Waals surface area contributed by atoms with E-state index in [1.807, 2.05) is 6.92 Å². The number of carbonyl (C=O) groups excluding carboxylic acids is 3. The lowest BCUT2D eigenvalue weighted by atomic mass is 10.1. The van der Waals surface area contributed by atoms with Crippen LogP contribution in [0.25, 0.3) is 11.2 Å². The van der Waals surface area contributed by atoms with Crippen molar-refractivity contribution in [2.75, 3.05) is 37.5 Å². The number of aryl methyl sites for hydroxylation is 2. The van der Waals surface area contributed by atoms with Gasteiger partial charge in [0.2, 0.25) is 17.8 Å². The quantitative estimate of drug-likeness (QED) is 0.0604. The van der Waals surface area contributed by atoms with Crippen LogP contribution in [-0.2, 0) is 17.8 Å². The van der Waals surface area contributed by atoms with Crippen molar-refractivity contribution in [1.29, 1.82) is 0 Å². The Morgan fingerprint density at radius 1 is 1.09 bits per heavy atom. The SMILES string of the molecule is CCn1nc(C)cc1C(=O)Nc1nc2cc(C(N)=O)cnc2n1C/C=C/CNc1c(OCCCOC)cc(C(N)=O)cc1[N+](=O)[O-]. The van der Waals surface area contributed by atoms with Gasteiger partial charge in [-0.25, -0.2) is 9.97 Å². The van der Waals surface area contributed by atoms with E-state index in [0.717, 1.165) is 6.07 Å². The predicted molar refractivity (Wildman–Crippen MR) is 168 cm³/mol. The lowest BCUT2D eigenvalue weighted by molar-refractivity contribution is -0.384. The number of nitrogens with zero attached hydrogens (tertiary/aromatic N) is 6. The van der Waals surface area contributed by atoms with E-state index in [0.29, 0.717) is 42.1 Å². The molecule has 0 bridgehead atoms. The number of imidazole rings is 1. The molecule has 0 fully saturated rings. The molecule has 17 heteroatoms. The summed E-state index contributed by atoms with van der Waals surface area (Å²) in [6.45, 7) is 5.01. The van der Waals surface area contributed by atoms with Gasteiger partial charge in [0.25, 0.3) is 11.6 Å². The first-order valence-electron chi connectivity index (χ1n) is 14.2. The van der Waals surface area contributed by atoms with E-state index in [2.05, 4.69) is 25.7 Å². The molecule has 0 spiro atoms. The smallest absolute Gasteiger partial charge is 0.296 e. The number of benzene rings is 1. The third-order valence-corrected chi connectivity index (χ3v) is 6.69. The summed E-state index contributed by atoms with van der Waals surface area (Å²) in [5.41, 5.74) is 12.3. The van der Waals surface area contributed by atoms with E-state index < -0.39 is 22.6 Å². The van der Waals surface area contributed by atoms with Gasteiger partial charge in [0.1, 0.15) is 17.0 Å². The summed E-state index contributed by atoms with van der Waals surface area (Å²) in [5, 5.41) is 22.0. The summed E-state index contributed by atoms with van der Waals surface area (Å²) in [5.74, 6) is -1.70. The maximum Gasteiger partial charge on any atom is 0.296 e. The zero-order valence-electron chi connectivity index (χ0n) is 25.5. The Labute approximate surface area is 262 Å². The van der Waals surface area contributed by atoms with Gasteiger partial charge in [-0.15, -0.1) is 0 Å². The Morgan fingerprint density at radius 2 is 1.85 bits per heavy atom. The van der Waals surface area contributed by atoms with Gasteiger partial charge >= 0.3 is 0 Å². The molecule has 0 aliphatic heterocycles. The number of nitro benzene ring substituents is 1. The summed E-state index contributed by atoms with van der Waals surface area (Å²) in [7, 11) is 1.54. The first-order valence-corrected chi connectivity index (χ1v) is 14.2. The summed E-state index contributed by atoms with van der Waals surface area (Å²) in [6, 6.07) is 5.57. The minimum Gasteiger partial charge on any atom is -0.491 e. The maximum atomic E-state index is 13.2. The average molecular weight is 635 g/mol. The van der Waals surface area contributed by atoms with Gasteiger partial charge in [-0.3, -0.25) is 39.1 Å². The Bertz CT molecular complexity index is 1810. The number of nitrogens with one attached hydrogen (secondary N) is 2. The first-order chi connectivity index (χ1) is 22.0. The average Bonchev–Trinajstić information content (AvgIpc) is 3.57. The van der Waals surface area contributed by atoms with Crippen molar-refractivity contribution in [1.82, 2.24) is 24.3 Å². The van der Waals surface area contributed by atoms with Crippen LogP contribution in [0, 0.1) is 17.0 Å². The van der Waals surface area contributed by atoms with Crippen molar-refractivity contribution in [2.45, 2.75) is 33.4 Å². The highest BCUT2D eigenvalue weighted by molar-refractivity contribution is 6.03. The first kappa shape index (κ1) is 33.1. The molecule has 0 aliphatic carbocycles. The van der Waals surface area contributed by atoms with Gasteiger partial charge < -0.3 is 26.3 Å². The fourth-order valence-corrected chi connectivity index (χ4v) is 4.54. The van der Waals surface area contributed by atoms with Crippen molar-refractivity contribution in [3.63, 3.8) is 0 Å². The summed E-state index contributed by atoms with van der Waals surface area (Å²) < 4.78 is 14.0. The molecular weight excluding hydrogens is 600 g/mol. The number of amides is 3. The molecule has 3 amide bonds. The summed E-state index contributed by atoms with van der Waals surface area (Å²) >= 11 is 0. The molecule has 3 heterocycles. The zero-order chi connectivity index (χ0) is 33.4. The molecule has 0 unspecified atom stereocenters. The number of allylic oxidation sites excluding steroid dienone is 1. The van der Waals surface area contributed by atoms with Crippen LogP contribution >= 0.6 is 0 Å². The molecule has 4 rings (SSSR count). The van der Waals surface area contributed by atoms with Crippen LogP contribution in [0.4, 0.5) is 17.3 Å². The zero-order valence-corrected chi connectivity index (χ0v) is 25.5. The number of hydrogen-bond acceptors (Lipinski definition) is 11. The molecule has 0 saturated carbocycles. The number of fused-ring (bicyclic) bond motifs is 1. The number of pyridine rings is 1. The molecule has 1 aromatic carbocycles. The van der Waals surface area contributed by atoms with Gasteiger partial charge in [-0.05, 0) is 32.0 Å². The number of primary amides is 2. The second-order valence-electron chi connectivity index (χ2n) is 9.95. The normalized spacial score (nSPS) is 11.2. The Kier molecular flexibility index (Phi) is 10.6. The molecule has 0 aliphatic rings. The van der Waals surface area contributed by atoms with Gasteiger partial charge in [0, 0.05) is 57.6 Å². The van der Waals surface area contributed by atoms with Crippen LogP contribution in [0.2, 0.25) is 0 Å². The Morgan fingerprint density at radius 3 is 2.52 bits per heavy atom. The largest absolute Gasteiger partial charge is 0.491 e. The highest BCUT2D eigenvalue weighted by Gasteiger charge is 2.23. The molecule has 0 atom stereocenters. The number of methoxy groups -OCH3 is 1. The van der Waals surface area contributed by atoms with Crippen LogP contribution in [0.3, 0.4) is 0 Å². The Hall–Kier alpha value is -5.84. The number of ether oxygens (including phenoxy) is 2. The second-order valence-corrected chi connectivity index (χ2v) is 9.95. The number of nitro groups is 1. The minimum absolute atomic E-state index is 0.0692. The number of carbonyl (C=O) groups is 3. The van der Waals surface area contributed by atoms with E-state index in [4.69, 9.17) is 20.9 Å². The van der Waals surface area contributed by atoms with E-state index >= 15 is 0 Å². The van der Waals surface area contributed by atoms with Crippen molar-refractivity contribution >= 4 is 46.2 Å². The molecule has 0 saturated heterocycles. The monoisotopic (exact) mass is 634 g/mol. The van der Waals surface area contributed by atoms with Gasteiger partial charge in [0.15, 0.2) is 11.3 Å². The van der Waals surface area contributed by atoms with E-state index in [1.54, 1.807) is 41.5 Å².